The van der Waals surface area contributed by atoms with Crippen LogP contribution in [-0.4, -0.2) is 18.5 Å². The van der Waals surface area contributed by atoms with Crippen molar-refractivity contribution in [3.05, 3.63) is 64.5 Å². The van der Waals surface area contributed by atoms with Crippen LogP contribution in [-0.2, 0) is 9.53 Å². The molecule has 0 aliphatic carbocycles. The molecule has 3 rings (SSSR count). The molecule has 0 aliphatic heterocycles. The van der Waals surface area contributed by atoms with Crippen LogP contribution < -0.4 is 5.32 Å². The monoisotopic (exact) mass is 345 g/mol. The van der Waals surface area contributed by atoms with Crippen LogP contribution in [0.3, 0.4) is 0 Å². The number of fused-ring (bicyclic) bond motifs is 1. The van der Waals surface area contributed by atoms with E-state index in [4.69, 9.17) is 16.3 Å². The van der Waals surface area contributed by atoms with Gasteiger partial charge >= 0.3 is 5.97 Å². The van der Waals surface area contributed by atoms with Gasteiger partial charge in [-0.05, 0) is 41.8 Å². The molecule has 1 amide bonds. The van der Waals surface area contributed by atoms with Crippen LogP contribution in [0.4, 0.5) is 5.69 Å². The minimum absolute atomic E-state index is 0.338. The highest BCUT2D eigenvalue weighted by molar-refractivity contribution is 7.20. The van der Waals surface area contributed by atoms with Gasteiger partial charge in [-0.3, -0.25) is 4.79 Å². The molecule has 0 unspecified atom stereocenters. The SMILES string of the molecule is O=C(COC(=O)c1cc2ccccc2s1)Nc1ccc(Cl)cc1. The maximum atomic E-state index is 12.0. The molecular formula is C17H12ClNO3S. The Morgan fingerprint density at radius 2 is 1.83 bits per heavy atom. The Balaban J connectivity index is 1.57. The van der Waals surface area contributed by atoms with E-state index in [9.17, 15) is 9.59 Å². The maximum absolute atomic E-state index is 12.0. The Morgan fingerprint density at radius 3 is 2.57 bits per heavy atom. The lowest BCUT2D eigenvalue weighted by atomic mass is 10.2. The number of halogens is 1. The van der Waals surface area contributed by atoms with Crippen molar-refractivity contribution in [2.24, 2.45) is 0 Å². The topological polar surface area (TPSA) is 55.4 Å². The van der Waals surface area contributed by atoms with Gasteiger partial charge in [0.15, 0.2) is 6.61 Å². The van der Waals surface area contributed by atoms with E-state index < -0.39 is 11.9 Å². The molecule has 1 heterocycles. The third-order valence-corrected chi connectivity index (χ3v) is 4.44. The summed E-state index contributed by atoms with van der Waals surface area (Å²) in [5.41, 5.74) is 0.595. The molecule has 0 radical (unpaired) electrons. The second-order valence-corrected chi connectivity index (χ2v) is 6.30. The molecule has 1 N–H and O–H groups in total. The Labute approximate surface area is 141 Å². The molecule has 0 atom stereocenters. The fourth-order valence-corrected chi connectivity index (χ4v) is 3.10. The number of thiophene rings is 1. The predicted molar refractivity (Wildman–Crippen MR) is 92.2 cm³/mol. The molecule has 4 nitrogen and oxygen atoms in total. The van der Waals surface area contributed by atoms with Crippen LogP contribution in [0.15, 0.2) is 54.6 Å². The van der Waals surface area contributed by atoms with E-state index in [1.807, 2.05) is 24.3 Å². The van der Waals surface area contributed by atoms with E-state index in [-0.39, 0.29) is 6.61 Å². The first-order valence-electron chi connectivity index (χ1n) is 6.83. The van der Waals surface area contributed by atoms with Crippen molar-refractivity contribution < 1.29 is 14.3 Å². The second kappa shape index (κ2) is 6.81. The summed E-state index contributed by atoms with van der Waals surface area (Å²) in [6, 6.07) is 16.1. The highest BCUT2D eigenvalue weighted by atomic mass is 35.5. The molecule has 2 aromatic carbocycles. The number of esters is 1. The van der Waals surface area contributed by atoms with E-state index in [2.05, 4.69) is 5.32 Å². The summed E-state index contributed by atoms with van der Waals surface area (Å²) in [6.07, 6.45) is 0. The van der Waals surface area contributed by atoms with Gasteiger partial charge in [-0.15, -0.1) is 11.3 Å². The molecule has 116 valence electrons. The van der Waals surface area contributed by atoms with Gasteiger partial charge in [0.05, 0.1) is 0 Å². The normalized spacial score (nSPS) is 10.5. The van der Waals surface area contributed by atoms with Gasteiger partial charge in [0.2, 0.25) is 0 Å². The van der Waals surface area contributed by atoms with E-state index in [0.717, 1.165) is 10.1 Å². The summed E-state index contributed by atoms with van der Waals surface area (Å²) >= 11 is 7.11. The predicted octanol–water partition coefficient (Wildman–Crippen LogP) is 4.35. The van der Waals surface area contributed by atoms with E-state index >= 15 is 0 Å². The van der Waals surface area contributed by atoms with E-state index in [1.54, 1.807) is 30.3 Å². The van der Waals surface area contributed by atoms with Crippen molar-refractivity contribution in [1.82, 2.24) is 0 Å². The van der Waals surface area contributed by atoms with Crippen LogP contribution in [0, 0.1) is 0 Å². The average Bonchev–Trinajstić information content (AvgIpc) is 2.99. The first-order valence-corrected chi connectivity index (χ1v) is 8.02. The third kappa shape index (κ3) is 3.88. The molecular weight excluding hydrogens is 334 g/mol. The lowest BCUT2D eigenvalue weighted by Crippen LogP contribution is -2.20. The van der Waals surface area contributed by atoms with Gasteiger partial charge in [-0.2, -0.15) is 0 Å². The van der Waals surface area contributed by atoms with Gasteiger partial charge in [0.25, 0.3) is 5.91 Å². The summed E-state index contributed by atoms with van der Waals surface area (Å²) in [6.45, 7) is -0.338. The standard InChI is InChI=1S/C17H12ClNO3S/c18-12-5-7-13(8-6-12)19-16(20)10-22-17(21)15-9-11-3-1-2-4-14(11)23-15/h1-9H,10H2,(H,19,20). The van der Waals surface area contributed by atoms with E-state index in [0.29, 0.717) is 15.6 Å². The van der Waals surface area contributed by atoms with Crippen molar-refractivity contribution in [2.75, 3.05) is 11.9 Å². The average molecular weight is 346 g/mol. The summed E-state index contributed by atoms with van der Waals surface area (Å²) in [4.78, 5) is 24.3. The van der Waals surface area contributed by atoms with Crippen molar-refractivity contribution >= 4 is 50.6 Å². The molecule has 0 saturated heterocycles. The molecule has 0 spiro atoms. The third-order valence-electron chi connectivity index (χ3n) is 3.09. The highest BCUT2D eigenvalue weighted by Crippen LogP contribution is 2.25. The molecule has 0 saturated carbocycles. The highest BCUT2D eigenvalue weighted by Gasteiger charge is 2.13. The first-order chi connectivity index (χ1) is 11.1. The van der Waals surface area contributed by atoms with Gasteiger partial charge in [0, 0.05) is 15.4 Å². The van der Waals surface area contributed by atoms with Gasteiger partial charge in [-0.1, -0.05) is 29.8 Å². The second-order valence-electron chi connectivity index (χ2n) is 4.78. The first kappa shape index (κ1) is 15.5. The van der Waals surface area contributed by atoms with Crippen LogP contribution in [0.25, 0.3) is 10.1 Å². The molecule has 1 aromatic heterocycles. The lowest BCUT2D eigenvalue weighted by Gasteiger charge is -2.05. The summed E-state index contributed by atoms with van der Waals surface area (Å²) in [5.74, 6) is -0.903. The lowest BCUT2D eigenvalue weighted by molar-refractivity contribution is -0.119. The van der Waals surface area contributed by atoms with Crippen LogP contribution in [0.5, 0.6) is 0 Å². The molecule has 0 bridgehead atoms. The zero-order valence-electron chi connectivity index (χ0n) is 11.9. The molecule has 6 heteroatoms. The quantitative estimate of drug-likeness (QED) is 0.715. The number of amides is 1. The number of hydrogen-bond donors (Lipinski definition) is 1. The number of hydrogen-bond acceptors (Lipinski definition) is 4. The number of carbonyl (C=O) groups excluding carboxylic acids is 2. The largest absolute Gasteiger partial charge is 0.451 e. The number of rotatable bonds is 4. The Hall–Kier alpha value is -2.37. The number of anilines is 1. The minimum atomic E-state index is -0.502. The van der Waals surface area contributed by atoms with Crippen LogP contribution in [0.1, 0.15) is 9.67 Å². The number of ether oxygens (including phenoxy) is 1. The fourth-order valence-electron chi connectivity index (χ4n) is 2.01. The van der Waals surface area contributed by atoms with Gasteiger partial charge in [0.1, 0.15) is 4.88 Å². The van der Waals surface area contributed by atoms with Crippen LogP contribution >= 0.6 is 22.9 Å². The molecule has 0 fully saturated rings. The van der Waals surface area contributed by atoms with Crippen molar-refractivity contribution in [1.29, 1.82) is 0 Å². The number of carbonyl (C=O) groups is 2. The maximum Gasteiger partial charge on any atom is 0.348 e. The smallest absolute Gasteiger partial charge is 0.348 e. The van der Waals surface area contributed by atoms with E-state index in [1.165, 1.54) is 11.3 Å². The molecule has 3 aromatic rings. The van der Waals surface area contributed by atoms with Crippen molar-refractivity contribution in [3.63, 3.8) is 0 Å². The summed E-state index contributed by atoms with van der Waals surface area (Å²) in [7, 11) is 0. The fraction of sp³-hybridized carbons (Fsp3) is 0.0588. The zero-order chi connectivity index (χ0) is 16.2. The molecule has 0 aliphatic rings. The summed E-state index contributed by atoms with van der Waals surface area (Å²) in [5, 5.41) is 4.20. The van der Waals surface area contributed by atoms with Crippen molar-refractivity contribution in [3.8, 4) is 0 Å². The zero-order valence-corrected chi connectivity index (χ0v) is 13.5. The minimum Gasteiger partial charge on any atom is -0.451 e. The van der Waals surface area contributed by atoms with Gasteiger partial charge in [-0.25, -0.2) is 4.79 Å². The summed E-state index contributed by atoms with van der Waals surface area (Å²) < 4.78 is 6.05. The molecule has 23 heavy (non-hydrogen) atoms. The Bertz CT molecular complexity index is 825. The Morgan fingerprint density at radius 1 is 1.09 bits per heavy atom. The Kier molecular flexibility index (Phi) is 4.60. The number of nitrogens with one attached hydrogen (secondary N) is 1. The van der Waals surface area contributed by atoms with Gasteiger partial charge < -0.3 is 10.1 Å². The number of benzene rings is 2. The van der Waals surface area contributed by atoms with Crippen LogP contribution in [0.2, 0.25) is 5.02 Å². The van der Waals surface area contributed by atoms with Crippen molar-refractivity contribution in [2.45, 2.75) is 0 Å².